The number of hydrogen-bond acceptors (Lipinski definition) is 4. The lowest BCUT2D eigenvalue weighted by Crippen LogP contribution is -2.24. The Bertz CT molecular complexity index is 369. The lowest BCUT2D eigenvalue weighted by atomic mass is 10.2. The van der Waals surface area contributed by atoms with Gasteiger partial charge in [-0.25, -0.2) is 0 Å². The van der Waals surface area contributed by atoms with Gasteiger partial charge in [-0.1, -0.05) is 15.9 Å². The second-order valence-electron chi connectivity index (χ2n) is 3.78. The first-order valence-electron chi connectivity index (χ1n) is 5.37. The fraction of sp³-hybridized carbons (Fsp3) is 0.500. The van der Waals surface area contributed by atoms with Gasteiger partial charge < -0.3 is 19.9 Å². The van der Waals surface area contributed by atoms with Crippen LogP contribution in [0.1, 0.15) is 12.5 Å². The van der Waals surface area contributed by atoms with Gasteiger partial charge in [-0.3, -0.25) is 0 Å². The number of nitrogens with one attached hydrogen (secondary N) is 1. The van der Waals surface area contributed by atoms with Gasteiger partial charge in [0.1, 0.15) is 0 Å². The summed E-state index contributed by atoms with van der Waals surface area (Å²) in [4.78, 5) is 0. The summed E-state index contributed by atoms with van der Waals surface area (Å²) in [5.74, 6) is 1.41. The summed E-state index contributed by atoms with van der Waals surface area (Å²) in [6.45, 7) is 2.90. The Hall–Kier alpha value is -0.780. The Balaban J connectivity index is 2.85. The molecule has 0 aliphatic rings. The first-order chi connectivity index (χ1) is 8.08. The zero-order chi connectivity index (χ0) is 12.8. The molecular formula is C12H18BrNO3. The minimum absolute atomic E-state index is 0.366. The van der Waals surface area contributed by atoms with E-state index in [0.29, 0.717) is 24.6 Å². The fourth-order valence-corrected chi connectivity index (χ4v) is 2.04. The molecule has 1 rings (SSSR count). The van der Waals surface area contributed by atoms with Gasteiger partial charge in [-0.2, -0.15) is 0 Å². The molecule has 0 spiro atoms. The van der Waals surface area contributed by atoms with E-state index in [1.54, 1.807) is 21.1 Å². The minimum atomic E-state index is -0.366. The van der Waals surface area contributed by atoms with Crippen LogP contribution in [0, 0.1) is 0 Å². The van der Waals surface area contributed by atoms with Crippen LogP contribution < -0.4 is 14.8 Å². The Morgan fingerprint density at radius 2 is 2.06 bits per heavy atom. The van der Waals surface area contributed by atoms with E-state index in [-0.39, 0.29) is 6.10 Å². The van der Waals surface area contributed by atoms with Gasteiger partial charge in [0.2, 0.25) is 0 Å². The van der Waals surface area contributed by atoms with Crippen molar-refractivity contribution < 1.29 is 14.6 Å². The predicted molar refractivity (Wildman–Crippen MR) is 70.6 cm³/mol. The Morgan fingerprint density at radius 1 is 1.35 bits per heavy atom. The van der Waals surface area contributed by atoms with E-state index in [1.807, 2.05) is 12.1 Å². The van der Waals surface area contributed by atoms with E-state index >= 15 is 0 Å². The van der Waals surface area contributed by atoms with Crippen LogP contribution in [0.25, 0.3) is 0 Å². The SMILES string of the molecule is COc1cc(Br)cc(CNC[C@H](C)O)c1OC. The molecule has 0 saturated carbocycles. The number of hydrogen-bond donors (Lipinski definition) is 2. The van der Waals surface area contributed by atoms with E-state index in [9.17, 15) is 5.11 Å². The van der Waals surface area contributed by atoms with Crippen LogP contribution in [0.2, 0.25) is 0 Å². The van der Waals surface area contributed by atoms with E-state index in [1.165, 1.54) is 0 Å². The average Bonchev–Trinajstić information content (AvgIpc) is 2.27. The highest BCUT2D eigenvalue weighted by atomic mass is 79.9. The summed E-state index contributed by atoms with van der Waals surface area (Å²) >= 11 is 3.43. The summed E-state index contributed by atoms with van der Waals surface area (Å²) in [6, 6.07) is 3.83. The molecule has 1 atom stereocenters. The summed E-state index contributed by atoms with van der Waals surface area (Å²) in [7, 11) is 3.22. The molecule has 2 N–H and O–H groups in total. The predicted octanol–water partition coefficient (Wildman–Crippen LogP) is 1.94. The molecule has 0 heterocycles. The van der Waals surface area contributed by atoms with Crippen molar-refractivity contribution in [1.82, 2.24) is 5.32 Å². The van der Waals surface area contributed by atoms with Crippen molar-refractivity contribution in [2.45, 2.75) is 19.6 Å². The van der Waals surface area contributed by atoms with Crippen LogP contribution in [0.5, 0.6) is 11.5 Å². The molecule has 0 bridgehead atoms. The molecule has 0 aliphatic heterocycles. The number of ether oxygens (including phenoxy) is 2. The van der Waals surface area contributed by atoms with Gasteiger partial charge >= 0.3 is 0 Å². The fourth-order valence-electron chi connectivity index (χ4n) is 1.55. The molecule has 1 aromatic carbocycles. The lowest BCUT2D eigenvalue weighted by molar-refractivity contribution is 0.191. The summed E-state index contributed by atoms with van der Waals surface area (Å²) in [5, 5.41) is 12.3. The van der Waals surface area contributed by atoms with E-state index in [2.05, 4.69) is 21.2 Å². The van der Waals surface area contributed by atoms with Crippen LogP contribution in [0.15, 0.2) is 16.6 Å². The maximum atomic E-state index is 9.18. The van der Waals surface area contributed by atoms with Crippen molar-refractivity contribution in [3.63, 3.8) is 0 Å². The minimum Gasteiger partial charge on any atom is -0.493 e. The number of aliphatic hydroxyl groups is 1. The third-order valence-corrected chi connectivity index (χ3v) is 2.73. The number of benzene rings is 1. The molecule has 0 aliphatic carbocycles. The second kappa shape index (κ2) is 6.83. The molecule has 0 fully saturated rings. The van der Waals surface area contributed by atoms with Crippen molar-refractivity contribution >= 4 is 15.9 Å². The molecule has 5 heteroatoms. The normalized spacial score (nSPS) is 12.3. The van der Waals surface area contributed by atoms with Crippen LogP contribution in [-0.4, -0.2) is 32.0 Å². The van der Waals surface area contributed by atoms with Crippen LogP contribution in [0.3, 0.4) is 0 Å². The lowest BCUT2D eigenvalue weighted by Gasteiger charge is -2.14. The molecule has 0 radical (unpaired) electrons. The number of aliphatic hydroxyl groups excluding tert-OH is 1. The van der Waals surface area contributed by atoms with Gasteiger partial charge in [0, 0.05) is 23.1 Å². The monoisotopic (exact) mass is 303 g/mol. The van der Waals surface area contributed by atoms with E-state index < -0.39 is 0 Å². The Morgan fingerprint density at radius 3 is 2.59 bits per heavy atom. The second-order valence-corrected chi connectivity index (χ2v) is 4.70. The largest absolute Gasteiger partial charge is 0.493 e. The van der Waals surface area contributed by atoms with Gasteiger partial charge in [-0.05, 0) is 19.1 Å². The highest BCUT2D eigenvalue weighted by molar-refractivity contribution is 9.10. The third-order valence-electron chi connectivity index (χ3n) is 2.28. The zero-order valence-electron chi connectivity index (χ0n) is 10.3. The molecular weight excluding hydrogens is 286 g/mol. The summed E-state index contributed by atoms with van der Waals surface area (Å²) in [5.41, 5.74) is 0.986. The Kier molecular flexibility index (Phi) is 5.74. The quantitative estimate of drug-likeness (QED) is 0.843. The summed E-state index contributed by atoms with van der Waals surface area (Å²) in [6.07, 6.45) is -0.366. The maximum absolute atomic E-state index is 9.18. The maximum Gasteiger partial charge on any atom is 0.165 e. The van der Waals surface area contributed by atoms with Crippen molar-refractivity contribution in [3.8, 4) is 11.5 Å². The van der Waals surface area contributed by atoms with Crippen LogP contribution >= 0.6 is 15.9 Å². The molecule has 0 amide bonds. The average molecular weight is 304 g/mol. The topological polar surface area (TPSA) is 50.7 Å². The van der Waals surface area contributed by atoms with Crippen LogP contribution in [0.4, 0.5) is 0 Å². The Labute approximate surface area is 110 Å². The van der Waals surface area contributed by atoms with Crippen molar-refractivity contribution in [1.29, 1.82) is 0 Å². The van der Waals surface area contributed by atoms with E-state index in [4.69, 9.17) is 9.47 Å². The molecule has 17 heavy (non-hydrogen) atoms. The summed E-state index contributed by atoms with van der Waals surface area (Å²) < 4.78 is 11.5. The first kappa shape index (κ1) is 14.3. The number of methoxy groups -OCH3 is 2. The van der Waals surface area contributed by atoms with E-state index in [0.717, 1.165) is 10.0 Å². The van der Waals surface area contributed by atoms with Gasteiger partial charge in [0.05, 0.1) is 20.3 Å². The first-order valence-corrected chi connectivity index (χ1v) is 6.17. The van der Waals surface area contributed by atoms with Crippen molar-refractivity contribution in [2.24, 2.45) is 0 Å². The van der Waals surface area contributed by atoms with Gasteiger partial charge in [-0.15, -0.1) is 0 Å². The highest BCUT2D eigenvalue weighted by Crippen LogP contribution is 2.34. The highest BCUT2D eigenvalue weighted by Gasteiger charge is 2.11. The molecule has 0 aromatic heterocycles. The van der Waals surface area contributed by atoms with Gasteiger partial charge in [0.15, 0.2) is 11.5 Å². The molecule has 0 saturated heterocycles. The molecule has 4 nitrogen and oxygen atoms in total. The molecule has 1 aromatic rings. The molecule has 96 valence electrons. The smallest absolute Gasteiger partial charge is 0.165 e. The number of rotatable bonds is 6. The van der Waals surface area contributed by atoms with Crippen molar-refractivity contribution in [3.05, 3.63) is 22.2 Å². The van der Waals surface area contributed by atoms with Crippen LogP contribution in [-0.2, 0) is 6.54 Å². The van der Waals surface area contributed by atoms with Crippen molar-refractivity contribution in [2.75, 3.05) is 20.8 Å². The number of halogens is 1. The zero-order valence-corrected chi connectivity index (χ0v) is 11.9. The third kappa shape index (κ3) is 4.18. The van der Waals surface area contributed by atoms with Gasteiger partial charge in [0.25, 0.3) is 0 Å². The molecule has 0 unspecified atom stereocenters. The standard InChI is InChI=1S/C12H18BrNO3/c1-8(15)6-14-7-9-4-10(13)5-11(16-2)12(9)17-3/h4-5,8,14-15H,6-7H2,1-3H3/t8-/m0/s1.